The topological polar surface area (TPSA) is 35.6 Å². The minimum Gasteiger partial charge on any atom is -0.336 e. The molecular formula is C17H25N3O. The maximum Gasteiger partial charge on any atom is 0.254 e. The molecule has 2 aliphatic heterocycles. The second-order valence-electron chi connectivity index (χ2n) is 6.29. The minimum atomic E-state index is 0.220. The highest BCUT2D eigenvalue weighted by atomic mass is 16.2. The number of fused-ring (bicyclic) bond motifs is 1. The van der Waals surface area contributed by atoms with E-state index in [1.54, 1.807) is 0 Å². The van der Waals surface area contributed by atoms with Crippen LogP contribution in [0.2, 0.25) is 0 Å². The molecular weight excluding hydrogens is 262 g/mol. The summed E-state index contributed by atoms with van der Waals surface area (Å²) in [6.07, 6.45) is 0.962. The summed E-state index contributed by atoms with van der Waals surface area (Å²) >= 11 is 0. The standard InChI is InChI=1S/C17H25N3O/c1-13(2)19-8-10-20(11-9-19)17(21)16-5-3-4-14-12-18-7-6-15(14)16/h3-5,13,18H,6-12H2,1-2H3. The highest BCUT2D eigenvalue weighted by molar-refractivity contribution is 5.96. The first-order valence-electron chi connectivity index (χ1n) is 8.01. The zero-order valence-electron chi connectivity index (χ0n) is 13.1. The van der Waals surface area contributed by atoms with Gasteiger partial charge in [-0.25, -0.2) is 0 Å². The number of nitrogens with one attached hydrogen (secondary N) is 1. The smallest absolute Gasteiger partial charge is 0.254 e. The highest BCUT2D eigenvalue weighted by Crippen LogP contribution is 2.21. The number of carbonyl (C=O) groups excluding carboxylic acids is 1. The molecule has 1 aromatic carbocycles. The second kappa shape index (κ2) is 6.16. The Morgan fingerprint density at radius 1 is 1.19 bits per heavy atom. The number of hydrogen-bond acceptors (Lipinski definition) is 3. The van der Waals surface area contributed by atoms with Crippen LogP contribution in [-0.2, 0) is 13.0 Å². The Hall–Kier alpha value is -1.39. The molecule has 1 amide bonds. The third-order valence-electron chi connectivity index (χ3n) is 4.70. The van der Waals surface area contributed by atoms with E-state index < -0.39 is 0 Å². The Bertz CT molecular complexity index is 519. The number of rotatable bonds is 2. The lowest BCUT2D eigenvalue weighted by Crippen LogP contribution is -2.50. The van der Waals surface area contributed by atoms with E-state index in [0.29, 0.717) is 6.04 Å². The number of carbonyl (C=O) groups is 1. The van der Waals surface area contributed by atoms with Crippen LogP contribution < -0.4 is 5.32 Å². The van der Waals surface area contributed by atoms with E-state index in [4.69, 9.17) is 0 Å². The fourth-order valence-electron chi connectivity index (χ4n) is 3.34. The SMILES string of the molecule is CC(C)N1CCN(C(=O)c2cccc3c2CCNC3)CC1. The third-order valence-corrected chi connectivity index (χ3v) is 4.70. The Morgan fingerprint density at radius 3 is 2.67 bits per heavy atom. The molecule has 0 radical (unpaired) electrons. The van der Waals surface area contributed by atoms with Crippen LogP contribution in [0.5, 0.6) is 0 Å². The Morgan fingerprint density at radius 2 is 1.95 bits per heavy atom. The van der Waals surface area contributed by atoms with Gasteiger partial charge in [0.15, 0.2) is 0 Å². The van der Waals surface area contributed by atoms with Crippen molar-refractivity contribution in [2.24, 2.45) is 0 Å². The summed E-state index contributed by atoms with van der Waals surface area (Å²) in [5.41, 5.74) is 3.47. The van der Waals surface area contributed by atoms with E-state index in [1.807, 2.05) is 17.0 Å². The summed E-state index contributed by atoms with van der Waals surface area (Å²) in [5.74, 6) is 0.220. The number of hydrogen-bond donors (Lipinski definition) is 1. The van der Waals surface area contributed by atoms with Gasteiger partial charge in [-0.3, -0.25) is 9.69 Å². The van der Waals surface area contributed by atoms with Crippen molar-refractivity contribution in [1.82, 2.24) is 15.1 Å². The Kier molecular flexibility index (Phi) is 4.27. The molecule has 2 heterocycles. The second-order valence-corrected chi connectivity index (χ2v) is 6.29. The van der Waals surface area contributed by atoms with Gasteiger partial charge in [0, 0.05) is 44.3 Å². The molecule has 21 heavy (non-hydrogen) atoms. The van der Waals surface area contributed by atoms with Gasteiger partial charge in [-0.1, -0.05) is 12.1 Å². The summed E-state index contributed by atoms with van der Waals surface area (Å²) in [5, 5.41) is 3.37. The zero-order chi connectivity index (χ0) is 14.8. The largest absolute Gasteiger partial charge is 0.336 e. The fourth-order valence-corrected chi connectivity index (χ4v) is 3.34. The fraction of sp³-hybridized carbons (Fsp3) is 0.588. The van der Waals surface area contributed by atoms with Crippen molar-refractivity contribution in [3.63, 3.8) is 0 Å². The average Bonchev–Trinajstić information content (AvgIpc) is 2.53. The van der Waals surface area contributed by atoms with Crippen molar-refractivity contribution in [2.75, 3.05) is 32.7 Å². The lowest BCUT2D eigenvalue weighted by molar-refractivity contribution is 0.0594. The van der Waals surface area contributed by atoms with Gasteiger partial charge in [0.1, 0.15) is 0 Å². The van der Waals surface area contributed by atoms with Crippen molar-refractivity contribution in [2.45, 2.75) is 32.9 Å². The van der Waals surface area contributed by atoms with Gasteiger partial charge in [0.25, 0.3) is 5.91 Å². The van der Waals surface area contributed by atoms with Gasteiger partial charge in [0.2, 0.25) is 0 Å². The van der Waals surface area contributed by atoms with E-state index in [0.717, 1.165) is 51.3 Å². The minimum absolute atomic E-state index is 0.220. The molecule has 0 unspecified atom stereocenters. The summed E-state index contributed by atoms with van der Waals surface area (Å²) in [4.78, 5) is 17.3. The molecule has 1 fully saturated rings. The first-order valence-corrected chi connectivity index (χ1v) is 8.01. The first-order chi connectivity index (χ1) is 10.2. The van der Waals surface area contributed by atoms with E-state index in [2.05, 4.69) is 30.1 Å². The monoisotopic (exact) mass is 287 g/mol. The van der Waals surface area contributed by atoms with Crippen LogP contribution in [0.25, 0.3) is 0 Å². The van der Waals surface area contributed by atoms with Crippen molar-refractivity contribution < 1.29 is 4.79 Å². The lowest BCUT2D eigenvalue weighted by atomic mass is 9.94. The predicted octanol–water partition coefficient (Wildman–Crippen LogP) is 1.50. The van der Waals surface area contributed by atoms with Crippen molar-refractivity contribution in [3.8, 4) is 0 Å². The Balaban J connectivity index is 1.75. The van der Waals surface area contributed by atoms with Crippen LogP contribution in [0.3, 0.4) is 0 Å². The predicted molar refractivity (Wildman–Crippen MR) is 84.5 cm³/mol. The van der Waals surface area contributed by atoms with Crippen LogP contribution in [0.1, 0.15) is 35.3 Å². The maximum atomic E-state index is 12.8. The summed E-state index contributed by atoms with van der Waals surface area (Å²) in [7, 11) is 0. The van der Waals surface area contributed by atoms with Crippen LogP contribution in [-0.4, -0.2) is 54.5 Å². The molecule has 1 aromatic rings. The molecule has 2 aliphatic rings. The number of amides is 1. The first kappa shape index (κ1) is 14.5. The molecule has 0 saturated carbocycles. The van der Waals surface area contributed by atoms with Gasteiger partial charge in [-0.2, -0.15) is 0 Å². The van der Waals surface area contributed by atoms with E-state index in [9.17, 15) is 4.79 Å². The lowest BCUT2D eigenvalue weighted by Gasteiger charge is -2.37. The van der Waals surface area contributed by atoms with E-state index in [-0.39, 0.29) is 5.91 Å². The van der Waals surface area contributed by atoms with Crippen molar-refractivity contribution >= 4 is 5.91 Å². The summed E-state index contributed by atoms with van der Waals surface area (Å²) < 4.78 is 0. The third kappa shape index (κ3) is 2.97. The quantitative estimate of drug-likeness (QED) is 0.895. The molecule has 4 nitrogen and oxygen atoms in total. The van der Waals surface area contributed by atoms with Gasteiger partial charge >= 0.3 is 0 Å². The summed E-state index contributed by atoms with van der Waals surface area (Å²) in [6, 6.07) is 6.72. The number of benzene rings is 1. The van der Waals surface area contributed by atoms with E-state index in [1.165, 1.54) is 11.1 Å². The summed E-state index contributed by atoms with van der Waals surface area (Å²) in [6.45, 7) is 9.96. The van der Waals surface area contributed by atoms with Gasteiger partial charge in [0.05, 0.1) is 0 Å². The molecule has 0 aromatic heterocycles. The van der Waals surface area contributed by atoms with Crippen LogP contribution >= 0.6 is 0 Å². The normalized spacial score (nSPS) is 19.7. The van der Waals surface area contributed by atoms with Gasteiger partial charge < -0.3 is 10.2 Å². The van der Waals surface area contributed by atoms with Crippen molar-refractivity contribution in [3.05, 3.63) is 34.9 Å². The molecule has 4 heteroatoms. The molecule has 114 valence electrons. The van der Waals surface area contributed by atoms with Crippen LogP contribution in [0.15, 0.2) is 18.2 Å². The molecule has 0 spiro atoms. The van der Waals surface area contributed by atoms with Crippen LogP contribution in [0, 0.1) is 0 Å². The molecule has 1 saturated heterocycles. The maximum absolute atomic E-state index is 12.8. The number of piperazine rings is 1. The van der Waals surface area contributed by atoms with Crippen molar-refractivity contribution in [1.29, 1.82) is 0 Å². The number of nitrogens with zero attached hydrogens (tertiary/aromatic N) is 2. The van der Waals surface area contributed by atoms with Gasteiger partial charge in [-0.05, 0) is 44.0 Å². The molecule has 3 rings (SSSR count). The zero-order valence-corrected chi connectivity index (χ0v) is 13.1. The molecule has 0 aliphatic carbocycles. The molecule has 0 bridgehead atoms. The van der Waals surface area contributed by atoms with Gasteiger partial charge in [-0.15, -0.1) is 0 Å². The molecule has 0 atom stereocenters. The average molecular weight is 287 g/mol. The Labute approximate surface area is 127 Å². The van der Waals surface area contributed by atoms with Crippen LogP contribution in [0.4, 0.5) is 0 Å². The highest BCUT2D eigenvalue weighted by Gasteiger charge is 2.25. The molecule has 1 N–H and O–H groups in total. The van der Waals surface area contributed by atoms with E-state index >= 15 is 0 Å².